The molecule has 0 fully saturated rings. The predicted octanol–water partition coefficient (Wildman–Crippen LogP) is 2.82. The van der Waals surface area contributed by atoms with Gasteiger partial charge in [0, 0.05) is 17.0 Å². The first-order valence-corrected chi connectivity index (χ1v) is 5.89. The summed E-state index contributed by atoms with van der Waals surface area (Å²) in [5, 5.41) is 12.6. The smallest absolute Gasteiger partial charge is 0.0931 e. The maximum Gasteiger partial charge on any atom is 0.0931 e. The normalized spacial score (nSPS) is 17.8. The Morgan fingerprint density at radius 2 is 2.00 bits per heavy atom. The first-order chi connectivity index (χ1) is 6.50. The molecular weight excluding hydrogens is 218 g/mol. The van der Waals surface area contributed by atoms with E-state index in [2.05, 4.69) is 12.2 Å². The lowest BCUT2D eigenvalue weighted by molar-refractivity contribution is 0.147. The van der Waals surface area contributed by atoms with E-state index in [9.17, 15) is 5.11 Å². The van der Waals surface area contributed by atoms with Gasteiger partial charge in [0.2, 0.25) is 0 Å². The van der Waals surface area contributed by atoms with E-state index in [1.54, 1.807) is 18.3 Å². The van der Waals surface area contributed by atoms with Gasteiger partial charge in [0.15, 0.2) is 0 Å². The maximum atomic E-state index is 9.34. The molecule has 1 aromatic rings. The van der Waals surface area contributed by atoms with Gasteiger partial charge in [-0.3, -0.25) is 0 Å². The number of hydrogen-bond acceptors (Lipinski definition) is 3. The summed E-state index contributed by atoms with van der Waals surface area (Å²) in [5.74, 6) is 0. The van der Waals surface area contributed by atoms with E-state index < -0.39 is 0 Å². The van der Waals surface area contributed by atoms with Gasteiger partial charge < -0.3 is 10.4 Å². The minimum atomic E-state index is -0.340. The van der Waals surface area contributed by atoms with Crippen LogP contribution in [0.25, 0.3) is 0 Å². The van der Waals surface area contributed by atoms with Crippen LogP contribution in [-0.4, -0.2) is 17.3 Å². The molecule has 0 saturated heterocycles. The first kappa shape index (κ1) is 12.0. The molecule has 2 N–H and O–H groups in total. The van der Waals surface area contributed by atoms with Crippen molar-refractivity contribution < 1.29 is 5.11 Å². The van der Waals surface area contributed by atoms with E-state index in [1.165, 1.54) is 4.88 Å². The molecule has 80 valence electrons. The second kappa shape index (κ2) is 5.12. The van der Waals surface area contributed by atoms with Crippen LogP contribution >= 0.6 is 22.9 Å². The molecule has 1 heterocycles. The van der Waals surface area contributed by atoms with Crippen LogP contribution in [0.4, 0.5) is 0 Å². The van der Waals surface area contributed by atoms with Gasteiger partial charge in [0.25, 0.3) is 0 Å². The Bertz CT molecular complexity index is 287. The van der Waals surface area contributed by atoms with Crippen LogP contribution in [0, 0.1) is 0 Å². The zero-order chi connectivity index (χ0) is 10.7. The van der Waals surface area contributed by atoms with Crippen molar-refractivity contribution in [2.24, 2.45) is 0 Å². The summed E-state index contributed by atoms with van der Waals surface area (Å²) in [4.78, 5) is 1.20. The SMILES string of the molecule is CC(NC(C)C(C)O)c1ccc(Cl)s1. The standard InChI is InChI=1S/C10H16ClNOS/c1-6(8(3)13)12-7(2)9-4-5-10(11)14-9/h4-8,12-13H,1-3H3. The van der Waals surface area contributed by atoms with Crippen LogP contribution in [0.2, 0.25) is 4.34 Å². The Balaban J connectivity index is 2.54. The molecule has 4 heteroatoms. The van der Waals surface area contributed by atoms with Gasteiger partial charge in [0.1, 0.15) is 0 Å². The third-order valence-electron chi connectivity index (χ3n) is 2.26. The minimum Gasteiger partial charge on any atom is -0.392 e. The summed E-state index contributed by atoms with van der Waals surface area (Å²) >= 11 is 7.42. The Morgan fingerprint density at radius 3 is 2.43 bits per heavy atom. The molecule has 0 radical (unpaired) electrons. The molecule has 0 bridgehead atoms. The van der Waals surface area contributed by atoms with Gasteiger partial charge in [-0.05, 0) is 32.9 Å². The number of halogens is 1. The van der Waals surface area contributed by atoms with Crippen molar-refractivity contribution in [2.75, 3.05) is 0 Å². The zero-order valence-corrected chi connectivity index (χ0v) is 10.2. The molecule has 2 nitrogen and oxygen atoms in total. The average molecular weight is 234 g/mol. The third kappa shape index (κ3) is 3.24. The molecule has 0 spiro atoms. The summed E-state index contributed by atoms with van der Waals surface area (Å²) < 4.78 is 0.804. The predicted molar refractivity (Wildman–Crippen MR) is 62.0 cm³/mol. The lowest BCUT2D eigenvalue weighted by Crippen LogP contribution is -2.36. The lowest BCUT2D eigenvalue weighted by Gasteiger charge is -2.21. The molecule has 3 atom stereocenters. The first-order valence-electron chi connectivity index (χ1n) is 4.70. The van der Waals surface area contributed by atoms with Crippen LogP contribution in [0.3, 0.4) is 0 Å². The Kier molecular flexibility index (Phi) is 4.38. The largest absolute Gasteiger partial charge is 0.392 e. The Labute approximate surface area is 93.9 Å². The van der Waals surface area contributed by atoms with Crippen molar-refractivity contribution in [3.63, 3.8) is 0 Å². The van der Waals surface area contributed by atoms with E-state index >= 15 is 0 Å². The summed E-state index contributed by atoms with van der Waals surface area (Å²) in [5.41, 5.74) is 0. The van der Waals surface area contributed by atoms with E-state index in [4.69, 9.17) is 11.6 Å². The van der Waals surface area contributed by atoms with E-state index in [-0.39, 0.29) is 18.2 Å². The van der Waals surface area contributed by atoms with Gasteiger partial charge in [-0.15, -0.1) is 11.3 Å². The highest BCUT2D eigenvalue weighted by Gasteiger charge is 2.14. The van der Waals surface area contributed by atoms with Crippen molar-refractivity contribution in [1.82, 2.24) is 5.32 Å². The number of nitrogens with one attached hydrogen (secondary N) is 1. The number of aliphatic hydroxyl groups is 1. The topological polar surface area (TPSA) is 32.3 Å². The van der Waals surface area contributed by atoms with Crippen molar-refractivity contribution in [3.05, 3.63) is 21.3 Å². The molecule has 0 aliphatic carbocycles. The van der Waals surface area contributed by atoms with Crippen LogP contribution in [0.5, 0.6) is 0 Å². The molecule has 1 aromatic heterocycles. The van der Waals surface area contributed by atoms with Crippen LogP contribution in [-0.2, 0) is 0 Å². The fraction of sp³-hybridized carbons (Fsp3) is 0.600. The molecule has 0 aromatic carbocycles. The van der Waals surface area contributed by atoms with Crippen molar-refractivity contribution in [1.29, 1.82) is 0 Å². The van der Waals surface area contributed by atoms with Crippen LogP contribution < -0.4 is 5.32 Å². The van der Waals surface area contributed by atoms with Crippen molar-refractivity contribution >= 4 is 22.9 Å². The summed E-state index contributed by atoms with van der Waals surface area (Å²) in [6.45, 7) is 5.82. The van der Waals surface area contributed by atoms with Gasteiger partial charge in [-0.2, -0.15) is 0 Å². The molecule has 0 aliphatic rings. The van der Waals surface area contributed by atoms with E-state index in [0.717, 1.165) is 4.34 Å². The summed E-state index contributed by atoms with van der Waals surface area (Å²) in [6.07, 6.45) is -0.340. The number of thiophene rings is 1. The zero-order valence-electron chi connectivity index (χ0n) is 8.62. The fourth-order valence-electron chi connectivity index (χ4n) is 1.18. The second-order valence-corrected chi connectivity index (χ2v) is 5.31. The molecule has 0 saturated carbocycles. The van der Waals surface area contributed by atoms with Crippen molar-refractivity contribution in [3.8, 4) is 0 Å². The molecule has 0 aliphatic heterocycles. The van der Waals surface area contributed by atoms with E-state index in [0.29, 0.717) is 0 Å². The molecule has 14 heavy (non-hydrogen) atoms. The summed E-state index contributed by atoms with van der Waals surface area (Å²) in [6, 6.07) is 4.23. The van der Waals surface area contributed by atoms with E-state index in [1.807, 2.05) is 19.1 Å². The molecule has 1 rings (SSSR count). The highest BCUT2D eigenvalue weighted by atomic mass is 35.5. The second-order valence-electron chi connectivity index (χ2n) is 3.56. The molecule has 0 amide bonds. The van der Waals surface area contributed by atoms with Gasteiger partial charge >= 0.3 is 0 Å². The molecule has 3 unspecified atom stereocenters. The van der Waals surface area contributed by atoms with Crippen LogP contribution in [0.1, 0.15) is 31.7 Å². The maximum absolute atomic E-state index is 9.34. The third-order valence-corrected chi connectivity index (χ3v) is 3.67. The summed E-state index contributed by atoms with van der Waals surface area (Å²) in [7, 11) is 0. The number of hydrogen-bond donors (Lipinski definition) is 2. The Hall–Kier alpha value is -0.0900. The highest BCUT2D eigenvalue weighted by molar-refractivity contribution is 7.16. The fourth-order valence-corrected chi connectivity index (χ4v) is 2.25. The number of rotatable bonds is 4. The van der Waals surface area contributed by atoms with Gasteiger partial charge in [-0.1, -0.05) is 11.6 Å². The highest BCUT2D eigenvalue weighted by Crippen LogP contribution is 2.26. The number of aliphatic hydroxyl groups excluding tert-OH is 1. The minimum absolute atomic E-state index is 0.0888. The Morgan fingerprint density at radius 1 is 1.36 bits per heavy atom. The van der Waals surface area contributed by atoms with Crippen molar-refractivity contribution in [2.45, 2.75) is 39.0 Å². The van der Waals surface area contributed by atoms with Gasteiger partial charge in [-0.25, -0.2) is 0 Å². The van der Waals surface area contributed by atoms with Gasteiger partial charge in [0.05, 0.1) is 10.4 Å². The average Bonchev–Trinajstić information content (AvgIpc) is 2.51. The molecular formula is C10H16ClNOS. The van der Waals surface area contributed by atoms with Crippen LogP contribution in [0.15, 0.2) is 12.1 Å². The monoisotopic (exact) mass is 233 g/mol. The quantitative estimate of drug-likeness (QED) is 0.838. The lowest BCUT2D eigenvalue weighted by atomic mass is 10.1.